The molecule has 0 aromatic heterocycles. The van der Waals surface area contributed by atoms with Crippen molar-refractivity contribution >= 4 is 0 Å². The van der Waals surface area contributed by atoms with Gasteiger partial charge in [-0.15, -0.1) is 0 Å². The average molecular weight is 867 g/mol. The minimum atomic E-state index is -0.840. The fourth-order valence-electron chi connectivity index (χ4n) is 10.9. The highest BCUT2D eigenvalue weighted by molar-refractivity contribution is 5.64. The van der Waals surface area contributed by atoms with Crippen LogP contribution in [0.25, 0.3) is 22.3 Å². The molecule has 0 aliphatic heterocycles. The van der Waals surface area contributed by atoms with E-state index in [2.05, 4.69) is 38.1 Å². The van der Waals surface area contributed by atoms with Gasteiger partial charge in [0.15, 0.2) is 23.3 Å². The molecule has 0 bridgehead atoms. The molecule has 2 aliphatic rings. The molecule has 1 nitrogen and oxygen atoms in total. The zero-order chi connectivity index (χ0) is 44.2. The Balaban J connectivity index is 1.18. The molecule has 2 unspecified atom stereocenters. The van der Waals surface area contributed by atoms with Crippen molar-refractivity contribution in [2.45, 2.75) is 193 Å². The predicted molar refractivity (Wildman–Crippen MR) is 256 cm³/mol. The number of benzene rings is 4. The van der Waals surface area contributed by atoms with Crippen molar-refractivity contribution in [3.05, 3.63) is 119 Å². The Labute approximate surface area is 379 Å². The van der Waals surface area contributed by atoms with Gasteiger partial charge < -0.3 is 4.74 Å². The zero-order valence-electron chi connectivity index (χ0n) is 38.9. The Morgan fingerprint density at radius 2 is 0.698 bits per heavy atom. The number of ether oxygens (including phenoxy) is 1. The second-order valence-electron chi connectivity index (χ2n) is 19.6. The third-order valence-electron chi connectivity index (χ3n) is 14.8. The zero-order valence-corrected chi connectivity index (χ0v) is 38.9. The Morgan fingerprint density at radius 1 is 0.381 bits per heavy atom. The summed E-state index contributed by atoms with van der Waals surface area (Å²) in [7, 11) is 0. The summed E-state index contributed by atoms with van der Waals surface area (Å²) in [6.07, 6.45) is 33.5. The van der Waals surface area contributed by atoms with E-state index < -0.39 is 23.3 Å². The van der Waals surface area contributed by atoms with Gasteiger partial charge in [0.05, 0.1) is 12.2 Å². The van der Waals surface area contributed by atoms with E-state index in [0.29, 0.717) is 23.0 Å². The Kier molecular flexibility index (Phi) is 20.6. The third-order valence-corrected chi connectivity index (χ3v) is 14.8. The molecule has 0 radical (unpaired) electrons. The van der Waals surface area contributed by atoms with Crippen molar-refractivity contribution in [1.82, 2.24) is 0 Å². The summed E-state index contributed by atoms with van der Waals surface area (Å²) in [5.74, 6) is -1.07. The van der Waals surface area contributed by atoms with Crippen molar-refractivity contribution in [2.75, 3.05) is 0 Å². The first-order valence-corrected chi connectivity index (χ1v) is 25.6. The molecule has 0 heterocycles. The van der Waals surface area contributed by atoms with Crippen molar-refractivity contribution < 1.29 is 22.3 Å². The van der Waals surface area contributed by atoms with E-state index in [9.17, 15) is 17.6 Å². The molecule has 0 N–H and O–H groups in total. The van der Waals surface area contributed by atoms with Crippen molar-refractivity contribution in [2.24, 2.45) is 23.7 Å². The second-order valence-corrected chi connectivity index (χ2v) is 19.6. The molecule has 344 valence electrons. The predicted octanol–water partition coefficient (Wildman–Crippen LogP) is 19.1. The molecule has 2 aliphatic carbocycles. The molecule has 4 aromatic carbocycles. The fourth-order valence-corrected chi connectivity index (χ4v) is 10.9. The highest BCUT2D eigenvalue weighted by atomic mass is 19.2. The van der Waals surface area contributed by atoms with Gasteiger partial charge in [-0.2, -0.15) is 0 Å². The van der Waals surface area contributed by atoms with Crippen molar-refractivity contribution in [3.63, 3.8) is 0 Å². The van der Waals surface area contributed by atoms with Gasteiger partial charge in [-0.1, -0.05) is 216 Å². The summed E-state index contributed by atoms with van der Waals surface area (Å²) >= 11 is 0. The average Bonchev–Trinajstić information content (AvgIpc) is 3.31. The summed E-state index contributed by atoms with van der Waals surface area (Å²) in [5.41, 5.74) is 5.29. The van der Waals surface area contributed by atoms with Gasteiger partial charge in [-0.05, 0) is 107 Å². The smallest absolute Gasteiger partial charge is 0.159 e. The van der Waals surface area contributed by atoms with Crippen LogP contribution in [0.4, 0.5) is 17.6 Å². The van der Waals surface area contributed by atoms with Crippen molar-refractivity contribution in [1.29, 1.82) is 0 Å². The fraction of sp³-hybridized carbons (Fsp3) is 0.586. The first kappa shape index (κ1) is 49.0. The van der Waals surface area contributed by atoms with Crippen LogP contribution in [0.3, 0.4) is 0 Å². The topological polar surface area (TPSA) is 9.23 Å². The van der Waals surface area contributed by atoms with Gasteiger partial charge >= 0.3 is 0 Å². The van der Waals surface area contributed by atoms with E-state index in [-0.39, 0.29) is 12.2 Å². The van der Waals surface area contributed by atoms with Crippen LogP contribution in [0.15, 0.2) is 84.9 Å². The molecular formula is C58H78F4O. The number of hydrogen-bond donors (Lipinski definition) is 0. The molecule has 6 rings (SSSR count). The molecule has 0 spiro atoms. The number of rotatable bonds is 26. The molecule has 2 saturated carbocycles. The largest absolute Gasteiger partial charge is 0.365 e. The van der Waals surface area contributed by atoms with E-state index in [4.69, 9.17) is 4.74 Å². The van der Waals surface area contributed by atoms with Crippen LogP contribution in [0.1, 0.15) is 204 Å². The van der Waals surface area contributed by atoms with Gasteiger partial charge in [0.25, 0.3) is 0 Å². The van der Waals surface area contributed by atoms with Gasteiger partial charge in [-0.3, -0.25) is 0 Å². The van der Waals surface area contributed by atoms with E-state index in [1.54, 1.807) is 12.1 Å². The first-order valence-electron chi connectivity index (χ1n) is 25.6. The van der Waals surface area contributed by atoms with Crippen LogP contribution in [-0.2, 0) is 4.74 Å². The van der Waals surface area contributed by atoms with Crippen LogP contribution >= 0.6 is 0 Å². The molecule has 63 heavy (non-hydrogen) atoms. The van der Waals surface area contributed by atoms with Crippen LogP contribution in [-0.4, -0.2) is 0 Å². The molecule has 2 fully saturated rings. The molecule has 4 aromatic rings. The maximum atomic E-state index is 14.3. The van der Waals surface area contributed by atoms with Crippen molar-refractivity contribution in [3.8, 4) is 22.3 Å². The Morgan fingerprint density at radius 3 is 1.03 bits per heavy atom. The highest BCUT2D eigenvalue weighted by Gasteiger charge is 2.36. The Hall–Kier alpha value is -3.44. The lowest BCUT2D eigenvalue weighted by Gasteiger charge is -2.40. The Bertz CT molecular complexity index is 1740. The van der Waals surface area contributed by atoms with E-state index in [0.717, 1.165) is 59.8 Å². The summed E-state index contributed by atoms with van der Waals surface area (Å²) < 4.78 is 63.9. The SMILES string of the molecule is CCCCCCCCCCC1CCC(C(OC(c2ccc(-c3ccc(F)c(F)c3)cc2)C2CCC(CCCCCCCCCC)CC2)c2ccc(-c3ccc(F)c(F)c3)cc2)CC1. The standard InChI is InChI=1S/C58H78F4O/c1-3-5-7-9-11-13-15-17-19-43-21-25-47(26-22-43)57(49-33-29-45(30-34-49)51-37-39-53(59)55(61)41-51)63-58(50-35-31-46(32-36-50)52-38-40-54(60)56(62)42-52)48-27-23-44(24-28-48)20-18-16-14-12-10-8-6-4-2/h29-44,47-48,57-58H,3-28H2,1-2H3. The van der Waals surface area contributed by atoms with Gasteiger partial charge in [-0.25, -0.2) is 17.6 Å². The maximum absolute atomic E-state index is 14.3. The van der Waals surface area contributed by atoms with Crippen LogP contribution < -0.4 is 0 Å². The lowest BCUT2D eigenvalue weighted by atomic mass is 9.74. The van der Waals surface area contributed by atoms with E-state index >= 15 is 0 Å². The number of hydrogen-bond acceptors (Lipinski definition) is 1. The monoisotopic (exact) mass is 867 g/mol. The molecular weight excluding hydrogens is 789 g/mol. The quantitative estimate of drug-likeness (QED) is 0.0451. The van der Waals surface area contributed by atoms with Gasteiger partial charge in [0, 0.05) is 0 Å². The molecule has 0 saturated heterocycles. The molecule has 5 heteroatoms. The van der Waals surface area contributed by atoms with Gasteiger partial charge in [0.2, 0.25) is 0 Å². The molecule has 0 amide bonds. The first-order chi connectivity index (χ1) is 30.8. The summed E-state index contributed by atoms with van der Waals surface area (Å²) in [4.78, 5) is 0. The normalized spacial score (nSPS) is 20.2. The minimum absolute atomic E-state index is 0.112. The second kappa shape index (κ2) is 26.5. The summed E-state index contributed by atoms with van der Waals surface area (Å²) in [5, 5.41) is 0. The third kappa shape index (κ3) is 15.3. The van der Waals surface area contributed by atoms with E-state index in [1.165, 1.54) is 166 Å². The van der Waals surface area contributed by atoms with Crippen LogP contribution in [0, 0.1) is 46.9 Å². The number of unbranched alkanes of at least 4 members (excludes halogenated alkanes) is 14. The minimum Gasteiger partial charge on any atom is -0.365 e. The highest BCUT2D eigenvalue weighted by Crippen LogP contribution is 2.48. The maximum Gasteiger partial charge on any atom is 0.159 e. The van der Waals surface area contributed by atoms with Gasteiger partial charge in [0.1, 0.15) is 0 Å². The lowest BCUT2D eigenvalue weighted by Crippen LogP contribution is -2.28. The number of halogens is 4. The van der Waals surface area contributed by atoms with E-state index in [1.807, 2.05) is 24.3 Å². The summed E-state index contributed by atoms with van der Waals surface area (Å²) in [6, 6.07) is 25.0. The lowest BCUT2D eigenvalue weighted by molar-refractivity contribution is -0.0907. The molecule has 2 atom stereocenters. The van der Waals surface area contributed by atoms with Crippen LogP contribution in [0.2, 0.25) is 0 Å². The summed E-state index contributed by atoms with van der Waals surface area (Å²) in [6.45, 7) is 4.56. The van der Waals surface area contributed by atoms with Crippen LogP contribution in [0.5, 0.6) is 0 Å².